The Bertz CT molecular complexity index is 358. The van der Waals surface area contributed by atoms with Gasteiger partial charge in [0, 0.05) is 5.69 Å². The number of allylic oxidation sites excluding steroid dienone is 1. The molecule has 0 aliphatic heterocycles. The summed E-state index contributed by atoms with van der Waals surface area (Å²) in [4.78, 5) is 13.7. The van der Waals surface area contributed by atoms with Gasteiger partial charge in [0.05, 0.1) is 5.69 Å². The Labute approximate surface area is 63.3 Å². The number of nitrogens with one attached hydrogen (secondary N) is 1. The highest BCUT2D eigenvalue weighted by Crippen LogP contribution is 2.13. The van der Waals surface area contributed by atoms with Crippen LogP contribution in [0.25, 0.3) is 6.08 Å². The van der Waals surface area contributed by atoms with E-state index < -0.39 is 0 Å². The number of H-pyrrole nitrogens is 1. The van der Waals surface area contributed by atoms with Crippen molar-refractivity contribution in [1.82, 2.24) is 9.66 Å². The van der Waals surface area contributed by atoms with Crippen LogP contribution in [-0.2, 0) is 6.42 Å². The van der Waals surface area contributed by atoms with Crippen molar-refractivity contribution in [2.75, 3.05) is 5.84 Å². The number of aromatic nitrogens is 2. The van der Waals surface area contributed by atoms with E-state index >= 15 is 0 Å². The molecule has 0 radical (unpaired) electrons. The van der Waals surface area contributed by atoms with Gasteiger partial charge in [0.15, 0.2) is 0 Å². The molecule has 2 rings (SSSR count). The summed E-state index contributed by atoms with van der Waals surface area (Å²) in [7, 11) is 0. The van der Waals surface area contributed by atoms with Crippen LogP contribution in [0.15, 0.2) is 10.9 Å². The Morgan fingerprint density at radius 3 is 3.18 bits per heavy atom. The standard InChI is InChI=1S/C7H9N3O/c8-10-6-4-2-1-3-5(6)9-7(10)11/h2,4H,1,3,8H2,(H,9,11). The molecule has 0 bridgehead atoms. The van der Waals surface area contributed by atoms with E-state index in [1.165, 1.54) is 0 Å². The van der Waals surface area contributed by atoms with E-state index in [2.05, 4.69) is 4.98 Å². The Hall–Kier alpha value is -1.45. The van der Waals surface area contributed by atoms with Crippen LogP contribution in [0.2, 0.25) is 0 Å². The predicted octanol–water partition coefficient (Wildman–Crippen LogP) is -0.150. The van der Waals surface area contributed by atoms with Crippen LogP contribution in [0.3, 0.4) is 0 Å². The molecule has 0 unspecified atom stereocenters. The first kappa shape index (κ1) is 6.27. The normalized spacial score (nSPS) is 14.9. The predicted molar refractivity (Wildman–Crippen MR) is 42.6 cm³/mol. The number of nitrogens with zero attached hydrogens (tertiary/aromatic N) is 1. The van der Waals surface area contributed by atoms with Crippen LogP contribution in [0.4, 0.5) is 0 Å². The first-order chi connectivity index (χ1) is 5.29. The molecule has 4 heteroatoms. The minimum absolute atomic E-state index is 0.235. The van der Waals surface area contributed by atoms with Gasteiger partial charge in [0.25, 0.3) is 0 Å². The molecule has 0 aromatic carbocycles. The van der Waals surface area contributed by atoms with Crippen molar-refractivity contribution in [2.24, 2.45) is 0 Å². The molecule has 58 valence electrons. The lowest BCUT2D eigenvalue weighted by atomic mass is 10.1. The number of hydrogen-bond acceptors (Lipinski definition) is 2. The molecule has 1 heterocycles. The summed E-state index contributed by atoms with van der Waals surface area (Å²) in [5, 5.41) is 0. The number of aromatic amines is 1. The lowest BCUT2D eigenvalue weighted by molar-refractivity contribution is 0.918. The maximum atomic E-state index is 11.0. The lowest BCUT2D eigenvalue weighted by Crippen LogP contribution is -2.25. The Balaban J connectivity index is 2.71. The average Bonchev–Trinajstić information content (AvgIpc) is 2.30. The van der Waals surface area contributed by atoms with Gasteiger partial charge in [-0.05, 0) is 18.9 Å². The fourth-order valence-electron chi connectivity index (χ4n) is 1.30. The summed E-state index contributed by atoms with van der Waals surface area (Å²) in [5.74, 6) is 5.45. The van der Waals surface area contributed by atoms with Crippen molar-refractivity contribution in [2.45, 2.75) is 12.8 Å². The van der Waals surface area contributed by atoms with E-state index in [1.54, 1.807) is 0 Å². The molecule has 1 aliphatic rings. The number of nitrogens with two attached hydrogens (primary N) is 1. The molecular weight excluding hydrogens is 142 g/mol. The van der Waals surface area contributed by atoms with Crippen LogP contribution >= 0.6 is 0 Å². The topological polar surface area (TPSA) is 63.8 Å². The van der Waals surface area contributed by atoms with Gasteiger partial charge in [-0.2, -0.15) is 0 Å². The first-order valence-electron chi connectivity index (χ1n) is 3.54. The molecule has 1 aromatic rings. The number of hydrogen-bond donors (Lipinski definition) is 2. The molecule has 0 spiro atoms. The third kappa shape index (κ3) is 0.790. The highest BCUT2D eigenvalue weighted by Gasteiger charge is 2.10. The summed E-state index contributed by atoms with van der Waals surface area (Å²) < 4.78 is 1.14. The fourth-order valence-corrected chi connectivity index (χ4v) is 1.30. The molecular formula is C7H9N3O. The molecule has 1 aromatic heterocycles. The van der Waals surface area contributed by atoms with E-state index in [-0.39, 0.29) is 5.69 Å². The summed E-state index contributed by atoms with van der Waals surface area (Å²) in [6.07, 6.45) is 5.74. The summed E-state index contributed by atoms with van der Waals surface area (Å²) in [6, 6.07) is 0. The number of imidazole rings is 1. The van der Waals surface area contributed by atoms with Gasteiger partial charge in [0.2, 0.25) is 0 Å². The van der Waals surface area contributed by atoms with Crippen molar-refractivity contribution in [3.8, 4) is 0 Å². The average molecular weight is 151 g/mol. The SMILES string of the molecule is Nn1c2c([nH]c1=O)CCC=C2. The van der Waals surface area contributed by atoms with Crippen LogP contribution in [-0.4, -0.2) is 9.66 Å². The van der Waals surface area contributed by atoms with Gasteiger partial charge >= 0.3 is 5.69 Å². The number of nitrogen functional groups attached to an aromatic ring is 1. The van der Waals surface area contributed by atoms with Crippen LogP contribution in [0.1, 0.15) is 17.8 Å². The maximum Gasteiger partial charge on any atom is 0.344 e. The van der Waals surface area contributed by atoms with Gasteiger partial charge < -0.3 is 10.8 Å². The van der Waals surface area contributed by atoms with Crippen molar-refractivity contribution in [3.05, 3.63) is 27.9 Å². The molecule has 3 N–H and O–H groups in total. The first-order valence-corrected chi connectivity index (χ1v) is 3.54. The van der Waals surface area contributed by atoms with Crippen molar-refractivity contribution < 1.29 is 0 Å². The van der Waals surface area contributed by atoms with E-state index in [9.17, 15) is 4.79 Å². The van der Waals surface area contributed by atoms with Crippen molar-refractivity contribution >= 4 is 6.08 Å². The highest BCUT2D eigenvalue weighted by molar-refractivity contribution is 5.50. The number of rotatable bonds is 0. The summed E-state index contributed by atoms with van der Waals surface area (Å²) in [5.41, 5.74) is 1.52. The summed E-state index contributed by atoms with van der Waals surface area (Å²) in [6.45, 7) is 0. The zero-order chi connectivity index (χ0) is 7.84. The van der Waals surface area contributed by atoms with Gasteiger partial charge in [-0.15, -0.1) is 0 Å². The second kappa shape index (κ2) is 2.02. The van der Waals surface area contributed by atoms with Crippen molar-refractivity contribution in [3.63, 3.8) is 0 Å². The third-order valence-electron chi connectivity index (χ3n) is 1.88. The van der Waals surface area contributed by atoms with E-state index in [4.69, 9.17) is 5.84 Å². The summed E-state index contributed by atoms with van der Waals surface area (Å²) >= 11 is 0. The lowest BCUT2D eigenvalue weighted by Gasteiger charge is -2.03. The van der Waals surface area contributed by atoms with Gasteiger partial charge in [-0.3, -0.25) is 0 Å². The van der Waals surface area contributed by atoms with Crippen LogP contribution in [0.5, 0.6) is 0 Å². The largest absolute Gasteiger partial charge is 0.344 e. The molecule has 0 saturated carbocycles. The Kier molecular flexibility index (Phi) is 1.15. The maximum absolute atomic E-state index is 11.0. The second-order valence-corrected chi connectivity index (χ2v) is 2.60. The molecule has 0 saturated heterocycles. The van der Waals surface area contributed by atoms with Gasteiger partial charge in [0.1, 0.15) is 0 Å². The fraction of sp³-hybridized carbons (Fsp3) is 0.286. The van der Waals surface area contributed by atoms with Gasteiger partial charge in [-0.1, -0.05) is 6.08 Å². The second-order valence-electron chi connectivity index (χ2n) is 2.60. The smallest absolute Gasteiger partial charge is 0.335 e. The molecule has 0 atom stereocenters. The monoisotopic (exact) mass is 151 g/mol. The third-order valence-corrected chi connectivity index (χ3v) is 1.88. The van der Waals surface area contributed by atoms with Crippen molar-refractivity contribution in [1.29, 1.82) is 0 Å². The minimum Gasteiger partial charge on any atom is -0.335 e. The molecule has 0 fully saturated rings. The van der Waals surface area contributed by atoms with Gasteiger partial charge in [-0.25, -0.2) is 9.47 Å². The van der Waals surface area contributed by atoms with Crippen LogP contribution < -0.4 is 11.5 Å². The Morgan fingerprint density at radius 2 is 2.45 bits per heavy atom. The van der Waals surface area contributed by atoms with E-state index in [0.29, 0.717) is 0 Å². The van der Waals surface area contributed by atoms with E-state index in [0.717, 1.165) is 28.9 Å². The molecule has 11 heavy (non-hydrogen) atoms. The number of aryl methyl sites for hydroxylation is 1. The Morgan fingerprint density at radius 1 is 1.64 bits per heavy atom. The number of fused-ring (bicyclic) bond motifs is 1. The molecule has 0 amide bonds. The highest BCUT2D eigenvalue weighted by atomic mass is 16.1. The van der Waals surface area contributed by atoms with Crippen LogP contribution in [0, 0.1) is 0 Å². The quantitative estimate of drug-likeness (QED) is 0.506. The zero-order valence-corrected chi connectivity index (χ0v) is 6.00. The zero-order valence-electron chi connectivity index (χ0n) is 6.00. The molecule has 4 nitrogen and oxygen atoms in total. The van der Waals surface area contributed by atoms with E-state index in [1.807, 2.05) is 12.2 Å². The molecule has 1 aliphatic carbocycles. The minimum atomic E-state index is -0.235.